The lowest BCUT2D eigenvalue weighted by Gasteiger charge is -1.89. The number of rotatable bonds is 1. The monoisotopic (exact) mass is 125 g/mol. The summed E-state index contributed by atoms with van der Waals surface area (Å²) < 4.78 is 4.51. The standard InChI is InChI=1S/C5H5N2O2/c1-4(8)7-5-2-3-6-9-5/h2H,1H3,(H,7,8). The van der Waals surface area contributed by atoms with Crippen molar-refractivity contribution in [2.24, 2.45) is 0 Å². The molecule has 1 aromatic rings. The van der Waals surface area contributed by atoms with Gasteiger partial charge in [-0.25, -0.2) is 0 Å². The predicted molar refractivity (Wildman–Crippen MR) is 29.6 cm³/mol. The molecule has 47 valence electrons. The molecule has 0 aliphatic rings. The van der Waals surface area contributed by atoms with E-state index in [4.69, 9.17) is 0 Å². The lowest BCUT2D eigenvalue weighted by Crippen LogP contribution is -2.04. The lowest BCUT2D eigenvalue weighted by molar-refractivity contribution is -0.114. The third kappa shape index (κ3) is 1.56. The fourth-order valence-corrected chi connectivity index (χ4v) is 0.419. The number of anilines is 1. The van der Waals surface area contributed by atoms with Crippen molar-refractivity contribution in [3.63, 3.8) is 0 Å². The van der Waals surface area contributed by atoms with Crippen LogP contribution >= 0.6 is 0 Å². The highest BCUT2D eigenvalue weighted by atomic mass is 16.5. The maximum atomic E-state index is 10.3. The summed E-state index contributed by atoms with van der Waals surface area (Å²) >= 11 is 0. The van der Waals surface area contributed by atoms with Gasteiger partial charge in [0.2, 0.25) is 11.8 Å². The highest BCUT2D eigenvalue weighted by Crippen LogP contribution is 2.01. The van der Waals surface area contributed by atoms with Crippen LogP contribution in [0.2, 0.25) is 0 Å². The van der Waals surface area contributed by atoms with Crippen LogP contribution in [-0.4, -0.2) is 11.1 Å². The molecule has 1 radical (unpaired) electrons. The number of aromatic nitrogens is 1. The molecule has 1 aromatic heterocycles. The first-order valence-corrected chi connectivity index (χ1v) is 2.39. The van der Waals surface area contributed by atoms with Crippen LogP contribution < -0.4 is 5.32 Å². The minimum Gasteiger partial charge on any atom is -0.338 e. The summed E-state index contributed by atoms with van der Waals surface area (Å²) in [7, 11) is 0. The Morgan fingerprint density at radius 2 is 2.78 bits per heavy atom. The summed E-state index contributed by atoms with van der Waals surface area (Å²) in [5.41, 5.74) is 0. The van der Waals surface area contributed by atoms with Gasteiger partial charge in [0.1, 0.15) is 6.20 Å². The minimum atomic E-state index is -0.180. The zero-order valence-electron chi connectivity index (χ0n) is 4.84. The number of nitrogens with one attached hydrogen (secondary N) is 1. The average Bonchev–Trinajstić information content (AvgIpc) is 2.15. The van der Waals surface area contributed by atoms with Gasteiger partial charge in [0.15, 0.2) is 0 Å². The molecule has 0 atom stereocenters. The predicted octanol–water partition coefficient (Wildman–Crippen LogP) is 0.433. The van der Waals surface area contributed by atoms with E-state index in [1.165, 1.54) is 13.0 Å². The van der Waals surface area contributed by atoms with Crippen LogP contribution in [0.4, 0.5) is 5.88 Å². The van der Waals surface area contributed by atoms with Gasteiger partial charge in [0.25, 0.3) is 0 Å². The van der Waals surface area contributed by atoms with Gasteiger partial charge >= 0.3 is 0 Å². The first kappa shape index (κ1) is 5.81. The van der Waals surface area contributed by atoms with E-state index in [2.05, 4.69) is 21.2 Å². The van der Waals surface area contributed by atoms with Crippen LogP contribution in [0.15, 0.2) is 10.6 Å². The summed E-state index contributed by atoms with van der Waals surface area (Å²) in [6.07, 6.45) is 2.40. The number of carbonyl (C=O) groups is 1. The second-order valence-corrected chi connectivity index (χ2v) is 1.50. The topological polar surface area (TPSA) is 55.1 Å². The van der Waals surface area contributed by atoms with Gasteiger partial charge in [0, 0.05) is 13.0 Å². The molecule has 4 nitrogen and oxygen atoms in total. The fourth-order valence-electron chi connectivity index (χ4n) is 0.419. The van der Waals surface area contributed by atoms with Crippen LogP contribution in [0.5, 0.6) is 0 Å². The second kappa shape index (κ2) is 2.30. The van der Waals surface area contributed by atoms with E-state index in [1.54, 1.807) is 0 Å². The molecule has 1 amide bonds. The molecule has 0 fully saturated rings. The van der Waals surface area contributed by atoms with E-state index in [9.17, 15) is 4.79 Å². The number of hydrogen-bond donors (Lipinski definition) is 1. The van der Waals surface area contributed by atoms with E-state index in [0.717, 1.165) is 0 Å². The molecule has 1 heterocycles. The maximum Gasteiger partial charge on any atom is 0.231 e. The van der Waals surface area contributed by atoms with Crippen molar-refractivity contribution in [1.82, 2.24) is 5.16 Å². The molecule has 0 unspecified atom stereocenters. The van der Waals surface area contributed by atoms with Crippen LogP contribution in [0.25, 0.3) is 0 Å². The molecule has 4 heteroatoms. The Bertz CT molecular complexity index is 193. The Kier molecular flexibility index (Phi) is 1.48. The molecule has 9 heavy (non-hydrogen) atoms. The zero-order chi connectivity index (χ0) is 6.69. The Morgan fingerprint density at radius 3 is 3.22 bits per heavy atom. The van der Waals surface area contributed by atoms with Crippen molar-refractivity contribution in [2.45, 2.75) is 6.92 Å². The highest BCUT2D eigenvalue weighted by Gasteiger charge is 1.95. The molecule has 0 saturated heterocycles. The molecule has 0 aliphatic heterocycles. The van der Waals surface area contributed by atoms with Gasteiger partial charge in [-0.1, -0.05) is 5.16 Å². The smallest absolute Gasteiger partial charge is 0.231 e. The Balaban J connectivity index is 2.58. The van der Waals surface area contributed by atoms with E-state index in [1.807, 2.05) is 0 Å². The van der Waals surface area contributed by atoms with Gasteiger partial charge in [-0.3, -0.25) is 10.1 Å². The van der Waals surface area contributed by atoms with E-state index >= 15 is 0 Å². The van der Waals surface area contributed by atoms with Crippen LogP contribution in [0.1, 0.15) is 6.92 Å². The number of hydrogen-bond acceptors (Lipinski definition) is 3. The van der Waals surface area contributed by atoms with Crippen molar-refractivity contribution >= 4 is 11.8 Å². The third-order valence-corrected chi connectivity index (χ3v) is 0.692. The van der Waals surface area contributed by atoms with Gasteiger partial charge in [0.05, 0.1) is 0 Å². The van der Waals surface area contributed by atoms with Crippen LogP contribution in [-0.2, 0) is 4.79 Å². The maximum absolute atomic E-state index is 10.3. The normalized spacial score (nSPS) is 9.00. The SMILES string of the molecule is CC(=O)Nc1c[c]no1. The summed E-state index contributed by atoms with van der Waals surface area (Å²) in [6.45, 7) is 1.39. The summed E-state index contributed by atoms with van der Waals surface area (Å²) in [6, 6.07) is 1.45. The van der Waals surface area contributed by atoms with Gasteiger partial charge < -0.3 is 4.52 Å². The molecular weight excluding hydrogens is 120 g/mol. The molecule has 1 rings (SSSR count). The first-order valence-electron chi connectivity index (χ1n) is 2.39. The van der Waals surface area contributed by atoms with Gasteiger partial charge in [-0.2, -0.15) is 0 Å². The number of carbonyl (C=O) groups excluding carboxylic acids is 1. The largest absolute Gasteiger partial charge is 0.338 e. The van der Waals surface area contributed by atoms with Crippen molar-refractivity contribution in [1.29, 1.82) is 0 Å². The molecule has 0 bridgehead atoms. The molecule has 0 aromatic carbocycles. The van der Waals surface area contributed by atoms with E-state index < -0.39 is 0 Å². The summed E-state index contributed by atoms with van der Waals surface area (Å²) in [4.78, 5) is 10.3. The van der Waals surface area contributed by atoms with Crippen molar-refractivity contribution in [3.05, 3.63) is 12.3 Å². The minimum absolute atomic E-state index is 0.180. The zero-order valence-corrected chi connectivity index (χ0v) is 4.84. The molecule has 0 saturated carbocycles. The number of nitrogens with zero attached hydrogens (tertiary/aromatic N) is 1. The summed E-state index contributed by atoms with van der Waals surface area (Å²) in [5, 5.41) is 5.65. The van der Waals surface area contributed by atoms with Crippen molar-refractivity contribution in [3.8, 4) is 0 Å². The number of amides is 1. The Labute approximate surface area is 51.8 Å². The van der Waals surface area contributed by atoms with E-state index in [-0.39, 0.29) is 5.91 Å². The average molecular weight is 125 g/mol. The van der Waals surface area contributed by atoms with Crippen molar-refractivity contribution < 1.29 is 9.32 Å². The first-order chi connectivity index (χ1) is 4.29. The fraction of sp³-hybridized carbons (Fsp3) is 0.200. The second-order valence-electron chi connectivity index (χ2n) is 1.50. The van der Waals surface area contributed by atoms with Crippen LogP contribution in [0.3, 0.4) is 0 Å². The molecule has 0 aliphatic carbocycles. The van der Waals surface area contributed by atoms with Gasteiger partial charge in [-0.15, -0.1) is 0 Å². The highest BCUT2D eigenvalue weighted by molar-refractivity contribution is 5.86. The van der Waals surface area contributed by atoms with Gasteiger partial charge in [-0.05, 0) is 0 Å². The lowest BCUT2D eigenvalue weighted by atomic mass is 10.6. The quantitative estimate of drug-likeness (QED) is 0.592. The summed E-state index contributed by atoms with van der Waals surface area (Å²) in [5.74, 6) is 0.141. The Hall–Kier alpha value is -1.32. The third-order valence-electron chi connectivity index (χ3n) is 0.692. The Morgan fingerprint density at radius 1 is 2.00 bits per heavy atom. The molecular formula is C5H5N2O2. The molecule has 0 spiro atoms. The van der Waals surface area contributed by atoms with Crippen LogP contribution in [0, 0.1) is 6.20 Å². The van der Waals surface area contributed by atoms with Crippen molar-refractivity contribution in [2.75, 3.05) is 5.32 Å². The molecule has 1 N–H and O–H groups in total. The van der Waals surface area contributed by atoms with E-state index in [0.29, 0.717) is 5.88 Å².